The van der Waals surface area contributed by atoms with E-state index in [1.807, 2.05) is 6.92 Å². The van der Waals surface area contributed by atoms with Gasteiger partial charge in [-0.3, -0.25) is 4.79 Å². The normalized spacial score (nSPS) is 26.0. The van der Waals surface area contributed by atoms with Crippen molar-refractivity contribution in [2.24, 2.45) is 5.92 Å². The number of rotatable bonds is 3. The minimum absolute atomic E-state index is 0.0133. The molecule has 1 fully saturated rings. The molecule has 0 aromatic carbocycles. The molecular weight excluding hydrogens is 154 g/mol. The molecule has 1 aliphatic rings. The van der Waals surface area contributed by atoms with Crippen LogP contribution >= 0.6 is 0 Å². The van der Waals surface area contributed by atoms with E-state index in [4.69, 9.17) is 0 Å². The van der Waals surface area contributed by atoms with Crippen LogP contribution in [0.5, 0.6) is 0 Å². The number of amides is 1. The molecule has 12 heavy (non-hydrogen) atoms. The maximum absolute atomic E-state index is 11.4. The standard InChI is InChI=1S/C9H15NO2/c1-3-8(11)7-5-6-10(4-2)9(7)12/h4,7-8,11H,2-3,5-6H2,1H3. The number of aliphatic hydroxyl groups excluding tert-OH is 1. The van der Waals surface area contributed by atoms with Gasteiger partial charge in [0.2, 0.25) is 5.91 Å². The van der Waals surface area contributed by atoms with Crippen LogP contribution in [0.3, 0.4) is 0 Å². The average molecular weight is 169 g/mol. The van der Waals surface area contributed by atoms with E-state index in [0.29, 0.717) is 13.0 Å². The molecule has 3 heteroatoms. The summed E-state index contributed by atoms with van der Waals surface area (Å²) in [6.45, 7) is 6.12. The van der Waals surface area contributed by atoms with Crippen molar-refractivity contribution in [2.75, 3.05) is 6.54 Å². The van der Waals surface area contributed by atoms with Crippen molar-refractivity contribution in [3.8, 4) is 0 Å². The number of carbonyl (C=O) groups excluding carboxylic acids is 1. The van der Waals surface area contributed by atoms with Gasteiger partial charge in [0.25, 0.3) is 0 Å². The third kappa shape index (κ3) is 1.50. The van der Waals surface area contributed by atoms with Crippen molar-refractivity contribution in [2.45, 2.75) is 25.9 Å². The largest absolute Gasteiger partial charge is 0.392 e. The number of carbonyl (C=O) groups is 1. The molecule has 2 atom stereocenters. The fraction of sp³-hybridized carbons (Fsp3) is 0.667. The number of nitrogens with zero attached hydrogens (tertiary/aromatic N) is 1. The summed E-state index contributed by atoms with van der Waals surface area (Å²) in [4.78, 5) is 13.0. The van der Waals surface area contributed by atoms with E-state index < -0.39 is 6.10 Å². The summed E-state index contributed by atoms with van der Waals surface area (Å²) in [6, 6.07) is 0. The Balaban J connectivity index is 2.60. The van der Waals surface area contributed by atoms with Crippen molar-refractivity contribution < 1.29 is 9.90 Å². The predicted octanol–water partition coefficient (Wildman–Crippen LogP) is 0.749. The van der Waals surface area contributed by atoms with Crippen LogP contribution in [0.1, 0.15) is 19.8 Å². The lowest BCUT2D eigenvalue weighted by molar-refractivity contribution is -0.131. The highest BCUT2D eigenvalue weighted by molar-refractivity contribution is 5.82. The lowest BCUT2D eigenvalue weighted by Gasteiger charge is -2.14. The molecule has 3 nitrogen and oxygen atoms in total. The third-order valence-electron chi connectivity index (χ3n) is 2.38. The molecule has 0 saturated carbocycles. The summed E-state index contributed by atoms with van der Waals surface area (Å²) < 4.78 is 0. The molecule has 1 amide bonds. The van der Waals surface area contributed by atoms with E-state index in [9.17, 15) is 9.90 Å². The smallest absolute Gasteiger partial charge is 0.232 e. The van der Waals surface area contributed by atoms with Gasteiger partial charge >= 0.3 is 0 Å². The monoisotopic (exact) mass is 169 g/mol. The van der Waals surface area contributed by atoms with Crippen molar-refractivity contribution in [3.63, 3.8) is 0 Å². The van der Waals surface area contributed by atoms with Gasteiger partial charge in [-0.05, 0) is 19.0 Å². The number of aliphatic hydroxyl groups is 1. The molecule has 1 heterocycles. The lowest BCUT2D eigenvalue weighted by atomic mass is 9.99. The second kappa shape index (κ2) is 3.72. The topological polar surface area (TPSA) is 40.5 Å². The highest BCUT2D eigenvalue weighted by Gasteiger charge is 2.34. The maximum Gasteiger partial charge on any atom is 0.232 e. The third-order valence-corrected chi connectivity index (χ3v) is 2.38. The Morgan fingerprint density at radius 3 is 3.00 bits per heavy atom. The Morgan fingerprint density at radius 1 is 1.92 bits per heavy atom. The minimum Gasteiger partial charge on any atom is -0.392 e. The molecule has 0 aliphatic carbocycles. The quantitative estimate of drug-likeness (QED) is 0.677. The maximum atomic E-state index is 11.4. The molecule has 0 aromatic rings. The van der Waals surface area contributed by atoms with E-state index in [-0.39, 0.29) is 11.8 Å². The number of hydrogen-bond donors (Lipinski definition) is 1. The first-order valence-electron chi connectivity index (χ1n) is 4.31. The lowest BCUT2D eigenvalue weighted by Crippen LogP contribution is -2.28. The van der Waals surface area contributed by atoms with Gasteiger partial charge in [-0.15, -0.1) is 0 Å². The summed E-state index contributed by atoms with van der Waals surface area (Å²) in [5, 5.41) is 9.46. The van der Waals surface area contributed by atoms with Gasteiger partial charge in [-0.1, -0.05) is 13.5 Å². The molecule has 0 bridgehead atoms. The van der Waals surface area contributed by atoms with Crippen LogP contribution in [0.15, 0.2) is 12.8 Å². The van der Waals surface area contributed by atoms with Crippen molar-refractivity contribution in [3.05, 3.63) is 12.8 Å². The van der Waals surface area contributed by atoms with E-state index in [0.717, 1.165) is 6.42 Å². The molecule has 0 aromatic heterocycles. The van der Waals surface area contributed by atoms with Crippen LogP contribution in [0.25, 0.3) is 0 Å². The van der Waals surface area contributed by atoms with Crippen LogP contribution in [0, 0.1) is 5.92 Å². The zero-order valence-corrected chi connectivity index (χ0v) is 7.36. The van der Waals surface area contributed by atoms with Crippen LogP contribution in [0.2, 0.25) is 0 Å². The molecular formula is C9H15NO2. The zero-order valence-electron chi connectivity index (χ0n) is 7.36. The van der Waals surface area contributed by atoms with E-state index >= 15 is 0 Å². The summed E-state index contributed by atoms with van der Waals surface area (Å²) >= 11 is 0. The molecule has 1 saturated heterocycles. The highest BCUT2D eigenvalue weighted by Crippen LogP contribution is 2.22. The SMILES string of the molecule is C=CN1CCC(C(O)CC)C1=O. The Morgan fingerprint density at radius 2 is 2.58 bits per heavy atom. The van der Waals surface area contributed by atoms with Crippen molar-refractivity contribution in [1.29, 1.82) is 0 Å². The van der Waals surface area contributed by atoms with E-state index in [2.05, 4.69) is 6.58 Å². The van der Waals surface area contributed by atoms with Gasteiger partial charge in [-0.2, -0.15) is 0 Å². The van der Waals surface area contributed by atoms with Crippen LogP contribution in [0.4, 0.5) is 0 Å². The molecule has 1 N–H and O–H groups in total. The van der Waals surface area contributed by atoms with Crippen molar-refractivity contribution >= 4 is 5.91 Å². The van der Waals surface area contributed by atoms with Gasteiger partial charge in [0, 0.05) is 6.54 Å². The van der Waals surface area contributed by atoms with Gasteiger partial charge < -0.3 is 10.0 Å². The van der Waals surface area contributed by atoms with Gasteiger partial charge in [0.05, 0.1) is 12.0 Å². The number of hydrogen-bond acceptors (Lipinski definition) is 2. The van der Waals surface area contributed by atoms with Crippen molar-refractivity contribution in [1.82, 2.24) is 4.90 Å². The van der Waals surface area contributed by atoms with E-state index in [1.165, 1.54) is 6.20 Å². The Labute approximate surface area is 72.7 Å². The Kier molecular flexibility index (Phi) is 2.87. The first-order chi connectivity index (χ1) is 5.70. The van der Waals surface area contributed by atoms with Crippen LogP contribution in [-0.2, 0) is 4.79 Å². The van der Waals surface area contributed by atoms with Gasteiger partial charge in [0.15, 0.2) is 0 Å². The first-order valence-corrected chi connectivity index (χ1v) is 4.31. The number of likely N-dealkylation sites (tertiary alicyclic amines) is 1. The van der Waals surface area contributed by atoms with E-state index in [1.54, 1.807) is 4.90 Å². The summed E-state index contributed by atoms with van der Waals surface area (Å²) in [7, 11) is 0. The summed E-state index contributed by atoms with van der Waals surface area (Å²) in [6.07, 6.45) is 2.44. The second-order valence-electron chi connectivity index (χ2n) is 3.08. The Bertz CT molecular complexity index is 191. The van der Waals surface area contributed by atoms with Crippen LogP contribution < -0.4 is 0 Å². The fourth-order valence-corrected chi connectivity index (χ4v) is 1.55. The molecule has 0 spiro atoms. The second-order valence-corrected chi connectivity index (χ2v) is 3.08. The predicted molar refractivity (Wildman–Crippen MR) is 46.3 cm³/mol. The zero-order chi connectivity index (χ0) is 9.14. The Hall–Kier alpha value is -0.830. The molecule has 0 radical (unpaired) electrons. The molecule has 1 rings (SSSR count). The highest BCUT2D eigenvalue weighted by atomic mass is 16.3. The summed E-state index contributed by atoms with van der Waals surface area (Å²) in [5.41, 5.74) is 0. The molecule has 1 aliphatic heterocycles. The summed E-state index contributed by atoms with van der Waals surface area (Å²) in [5.74, 6) is -0.188. The van der Waals surface area contributed by atoms with Gasteiger partial charge in [0.1, 0.15) is 0 Å². The molecule has 2 unspecified atom stereocenters. The fourth-order valence-electron chi connectivity index (χ4n) is 1.55. The minimum atomic E-state index is -0.484. The molecule has 68 valence electrons. The first kappa shape index (κ1) is 9.26. The van der Waals surface area contributed by atoms with Crippen LogP contribution in [-0.4, -0.2) is 28.6 Å². The van der Waals surface area contributed by atoms with Gasteiger partial charge in [-0.25, -0.2) is 0 Å². The average Bonchev–Trinajstić information content (AvgIpc) is 2.45.